The van der Waals surface area contributed by atoms with Crippen molar-refractivity contribution in [2.75, 3.05) is 0 Å². The van der Waals surface area contributed by atoms with Gasteiger partial charge in [0.15, 0.2) is 5.82 Å². The van der Waals surface area contributed by atoms with E-state index in [1.54, 1.807) is 12.1 Å². The molecule has 22 heavy (non-hydrogen) atoms. The fraction of sp³-hybridized carbons (Fsp3) is 0.474. The zero-order valence-corrected chi connectivity index (χ0v) is 13.5. The molecule has 3 heteroatoms. The zero-order chi connectivity index (χ0) is 15.6. The van der Waals surface area contributed by atoms with Gasteiger partial charge in [-0.15, -0.1) is 0 Å². The van der Waals surface area contributed by atoms with Gasteiger partial charge in [-0.1, -0.05) is 45.4 Å². The first-order chi connectivity index (χ1) is 10.8. The molecule has 0 aliphatic carbocycles. The van der Waals surface area contributed by atoms with Crippen molar-refractivity contribution in [3.05, 3.63) is 42.2 Å². The number of aromatic hydroxyl groups is 1. The number of unbranched alkanes of at least 4 members (excludes halogenated alkanes) is 6. The first-order valence-corrected chi connectivity index (χ1v) is 8.40. The molecule has 2 rings (SSSR count). The highest BCUT2D eigenvalue weighted by atomic mass is 16.3. The Balaban J connectivity index is 1.74. The Morgan fingerprint density at radius 3 is 2.05 bits per heavy atom. The molecule has 0 spiro atoms. The zero-order valence-electron chi connectivity index (χ0n) is 13.5. The second-order valence-corrected chi connectivity index (χ2v) is 5.83. The number of benzene rings is 1. The smallest absolute Gasteiger partial charge is 0.159 e. The standard InChI is InChI=1S/C19H26N2O/c1-2-3-4-5-6-7-8-9-16-14-20-19(21-15-16)17-10-12-18(22)13-11-17/h10-15,22H,2-9H2,1H3. The van der Waals surface area contributed by atoms with Gasteiger partial charge in [-0.3, -0.25) is 0 Å². The van der Waals surface area contributed by atoms with Crippen LogP contribution in [0.1, 0.15) is 57.4 Å². The summed E-state index contributed by atoms with van der Waals surface area (Å²) in [5, 5.41) is 9.30. The summed E-state index contributed by atoms with van der Waals surface area (Å²) in [4.78, 5) is 8.85. The number of hydrogen-bond acceptors (Lipinski definition) is 3. The summed E-state index contributed by atoms with van der Waals surface area (Å²) in [5.41, 5.74) is 2.14. The Labute approximate surface area is 133 Å². The Kier molecular flexibility index (Phi) is 6.88. The molecule has 0 radical (unpaired) electrons. The number of rotatable bonds is 9. The molecule has 0 saturated heterocycles. The van der Waals surface area contributed by atoms with Crippen LogP contribution in [0, 0.1) is 0 Å². The van der Waals surface area contributed by atoms with E-state index in [4.69, 9.17) is 0 Å². The molecule has 0 atom stereocenters. The number of phenolic OH excluding ortho intramolecular Hbond substituents is 1. The molecule has 118 valence electrons. The molecule has 0 amide bonds. The van der Waals surface area contributed by atoms with Crippen molar-refractivity contribution in [1.29, 1.82) is 0 Å². The Morgan fingerprint density at radius 1 is 0.818 bits per heavy atom. The van der Waals surface area contributed by atoms with Crippen LogP contribution in [-0.4, -0.2) is 15.1 Å². The van der Waals surface area contributed by atoms with Crippen molar-refractivity contribution in [2.45, 2.75) is 58.3 Å². The molecule has 0 saturated carbocycles. The molecule has 1 heterocycles. The molecule has 0 fully saturated rings. The van der Waals surface area contributed by atoms with E-state index in [1.165, 1.54) is 50.5 Å². The molecule has 0 aliphatic rings. The molecule has 2 aromatic rings. The summed E-state index contributed by atoms with van der Waals surface area (Å²) in [6.45, 7) is 2.25. The van der Waals surface area contributed by atoms with E-state index in [2.05, 4.69) is 16.9 Å². The van der Waals surface area contributed by atoms with Crippen LogP contribution in [0.15, 0.2) is 36.7 Å². The summed E-state index contributed by atoms with van der Waals surface area (Å²) >= 11 is 0. The molecule has 3 nitrogen and oxygen atoms in total. The molecular weight excluding hydrogens is 272 g/mol. The number of nitrogens with zero attached hydrogens (tertiary/aromatic N) is 2. The summed E-state index contributed by atoms with van der Waals surface area (Å²) in [7, 11) is 0. The van der Waals surface area contributed by atoms with E-state index in [9.17, 15) is 5.11 Å². The molecule has 1 aromatic carbocycles. The molecule has 1 aromatic heterocycles. The fourth-order valence-electron chi connectivity index (χ4n) is 2.53. The molecular formula is C19H26N2O. The van der Waals surface area contributed by atoms with Gasteiger partial charge < -0.3 is 5.11 Å². The van der Waals surface area contributed by atoms with Crippen molar-refractivity contribution >= 4 is 0 Å². The summed E-state index contributed by atoms with van der Waals surface area (Å²) in [5.74, 6) is 0.975. The molecule has 0 unspecified atom stereocenters. The maximum atomic E-state index is 9.30. The van der Waals surface area contributed by atoms with E-state index < -0.39 is 0 Å². The van der Waals surface area contributed by atoms with Crippen LogP contribution in [0.2, 0.25) is 0 Å². The van der Waals surface area contributed by atoms with Crippen molar-refractivity contribution in [2.24, 2.45) is 0 Å². The largest absolute Gasteiger partial charge is 0.508 e. The first-order valence-electron chi connectivity index (χ1n) is 8.40. The van der Waals surface area contributed by atoms with E-state index in [-0.39, 0.29) is 5.75 Å². The van der Waals surface area contributed by atoms with Gasteiger partial charge in [0.2, 0.25) is 0 Å². The van der Waals surface area contributed by atoms with Crippen molar-refractivity contribution in [3.8, 4) is 17.1 Å². The fourth-order valence-corrected chi connectivity index (χ4v) is 2.53. The van der Waals surface area contributed by atoms with Crippen molar-refractivity contribution in [3.63, 3.8) is 0 Å². The highest BCUT2D eigenvalue weighted by molar-refractivity contribution is 5.55. The minimum atomic E-state index is 0.263. The van der Waals surface area contributed by atoms with Gasteiger partial charge in [-0.05, 0) is 42.7 Å². The second kappa shape index (κ2) is 9.19. The maximum Gasteiger partial charge on any atom is 0.159 e. The Bertz CT molecular complexity index is 534. The third-order valence-electron chi connectivity index (χ3n) is 3.90. The van der Waals surface area contributed by atoms with Gasteiger partial charge in [0.05, 0.1) is 0 Å². The van der Waals surface area contributed by atoms with Gasteiger partial charge in [-0.25, -0.2) is 9.97 Å². The van der Waals surface area contributed by atoms with Crippen LogP contribution < -0.4 is 0 Å². The lowest BCUT2D eigenvalue weighted by atomic mass is 10.1. The van der Waals surface area contributed by atoms with Crippen LogP contribution >= 0.6 is 0 Å². The second-order valence-electron chi connectivity index (χ2n) is 5.83. The predicted octanol–water partition coefficient (Wildman–Crippen LogP) is 5.14. The first kappa shape index (κ1) is 16.5. The SMILES string of the molecule is CCCCCCCCCc1cnc(-c2ccc(O)cc2)nc1. The quantitative estimate of drug-likeness (QED) is 0.652. The maximum absolute atomic E-state index is 9.30. The third-order valence-corrected chi connectivity index (χ3v) is 3.90. The van der Waals surface area contributed by atoms with Crippen molar-refractivity contribution < 1.29 is 5.11 Å². The number of phenols is 1. The highest BCUT2D eigenvalue weighted by Crippen LogP contribution is 2.18. The predicted molar refractivity (Wildman–Crippen MR) is 90.8 cm³/mol. The lowest BCUT2D eigenvalue weighted by Gasteiger charge is -2.04. The molecule has 0 bridgehead atoms. The third kappa shape index (κ3) is 5.47. The van der Waals surface area contributed by atoms with Crippen LogP contribution in [0.5, 0.6) is 5.75 Å². The van der Waals surface area contributed by atoms with E-state index in [0.717, 1.165) is 12.0 Å². The Morgan fingerprint density at radius 2 is 1.41 bits per heavy atom. The van der Waals surface area contributed by atoms with Crippen LogP contribution in [-0.2, 0) is 6.42 Å². The molecule has 1 N–H and O–H groups in total. The van der Waals surface area contributed by atoms with E-state index in [1.807, 2.05) is 24.5 Å². The average Bonchev–Trinajstić information content (AvgIpc) is 2.55. The lowest BCUT2D eigenvalue weighted by Crippen LogP contribution is -1.93. The topological polar surface area (TPSA) is 46.0 Å². The number of hydrogen-bond donors (Lipinski definition) is 1. The van der Waals surface area contributed by atoms with Gasteiger partial charge >= 0.3 is 0 Å². The highest BCUT2D eigenvalue weighted by Gasteiger charge is 2.02. The monoisotopic (exact) mass is 298 g/mol. The molecule has 0 aliphatic heterocycles. The number of aryl methyl sites for hydroxylation is 1. The van der Waals surface area contributed by atoms with Crippen molar-refractivity contribution in [1.82, 2.24) is 9.97 Å². The van der Waals surface area contributed by atoms with Crippen LogP contribution in [0.3, 0.4) is 0 Å². The Hall–Kier alpha value is -1.90. The van der Waals surface area contributed by atoms with Gasteiger partial charge in [0.25, 0.3) is 0 Å². The average molecular weight is 298 g/mol. The summed E-state index contributed by atoms with van der Waals surface area (Å²) in [6.07, 6.45) is 14.2. The van der Waals surface area contributed by atoms with Crippen LogP contribution in [0.25, 0.3) is 11.4 Å². The van der Waals surface area contributed by atoms with Gasteiger partial charge in [0, 0.05) is 18.0 Å². The minimum Gasteiger partial charge on any atom is -0.508 e. The van der Waals surface area contributed by atoms with Gasteiger partial charge in [-0.2, -0.15) is 0 Å². The van der Waals surface area contributed by atoms with Gasteiger partial charge in [0.1, 0.15) is 5.75 Å². The summed E-state index contributed by atoms with van der Waals surface area (Å²) < 4.78 is 0. The van der Waals surface area contributed by atoms with Crippen LogP contribution in [0.4, 0.5) is 0 Å². The number of aromatic nitrogens is 2. The normalized spacial score (nSPS) is 10.8. The minimum absolute atomic E-state index is 0.263. The summed E-state index contributed by atoms with van der Waals surface area (Å²) in [6, 6.07) is 6.98. The van der Waals surface area contributed by atoms with E-state index in [0.29, 0.717) is 5.82 Å². The van der Waals surface area contributed by atoms with E-state index >= 15 is 0 Å². The lowest BCUT2D eigenvalue weighted by molar-refractivity contribution is 0.475.